The van der Waals surface area contributed by atoms with Gasteiger partial charge in [0.05, 0.1) is 18.8 Å². The topological polar surface area (TPSA) is 18.5 Å². The molecule has 1 aliphatic carbocycles. The van der Waals surface area contributed by atoms with E-state index >= 15 is 4.39 Å². The third-order valence-electron chi connectivity index (χ3n) is 7.47. The first-order valence-corrected chi connectivity index (χ1v) is 12.6. The molecule has 1 aliphatic heterocycles. The van der Waals surface area contributed by atoms with E-state index in [0.717, 1.165) is 36.5 Å². The fraction of sp³-hybridized carbons (Fsp3) is 0.571. The Hall–Kier alpha value is -1.92. The maximum atomic E-state index is 15.0. The summed E-state index contributed by atoms with van der Waals surface area (Å²) in [5, 5.41) is 0. The van der Waals surface area contributed by atoms with Gasteiger partial charge in [0.15, 0.2) is 6.29 Å². The molecule has 2 fully saturated rings. The van der Waals surface area contributed by atoms with E-state index in [1.54, 1.807) is 6.07 Å². The van der Waals surface area contributed by atoms with Gasteiger partial charge < -0.3 is 9.47 Å². The smallest absolute Gasteiger partial charge is 0.184 e. The molecule has 2 aromatic rings. The van der Waals surface area contributed by atoms with Crippen LogP contribution in [-0.2, 0) is 16.1 Å². The Morgan fingerprint density at radius 3 is 2.03 bits per heavy atom. The molecule has 0 aromatic heterocycles. The Kier molecular flexibility index (Phi) is 8.65. The highest BCUT2D eigenvalue weighted by atomic mass is 19.1. The van der Waals surface area contributed by atoms with E-state index in [4.69, 9.17) is 9.47 Å². The van der Waals surface area contributed by atoms with E-state index in [1.165, 1.54) is 38.5 Å². The number of halogens is 4. The van der Waals surface area contributed by atoms with Crippen LogP contribution < -0.4 is 0 Å². The van der Waals surface area contributed by atoms with Crippen LogP contribution >= 0.6 is 0 Å². The van der Waals surface area contributed by atoms with Crippen LogP contribution in [0.4, 0.5) is 17.6 Å². The Labute approximate surface area is 199 Å². The molecule has 2 nitrogen and oxygen atoms in total. The van der Waals surface area contributed by atoms with Gasteiger partial charge in [-0.25, -0.2) is 17.6 Å². The summed E-state index contributed by atoms with van der Waals surface area (Å²) < 4.78 is 66.9. The minimum absolute atomic E-state index is 0.145. The maximum absolute atomic E-state index is 15.0. The van der Waals surface area contributed by atoms with E-state index in [0.29, 0.717) is 11.5 Å². The van der Waals surface area contributed by atoms with Crippen LogP contribution in [0.3, 0.4) is 0 Å². The van der Waals surface area contributed by atoms with Crippen molar-refractivity contribution in [1.82, 2.24) is 0 Å². The number of ether oxygens (including phenoxy) is 2. The number of hydrogen-bond acceptors (Lipinski definition) is 2. The predicted molar refractivity (Wildman–Crippen MR) is 124 cm³/mol. The van der Waals surface area contributed by atoms with Gasteiger partial charge in [0.1, 0.15) is 24.1 Å². The average Bonchev–Trinajstić information content (AvgIpc) is 2.84. The zero-order valence-electron chi connectivity index (χ0n) is 19.8. The average molecular weight is 479 g/mol. The molecule has 2 aromatic carbocycles. The summed E-state index contributed by atoms with van der Waals surface area (Å²) in [6.45, 7) is 1.34. The van der Waals surface area contributed by atoms with Crippen molar-refractivity contribution in [3.8, 4) is 0 Å². The Morgan fingerprint density at radius 1 is 0.794 bits per heavy atom. The zero-order valence-corrected chi connectivity index (χ0v) is 19.8. The van der Waals surface area contributed by atoms with Gasteiger partial charge in [0.25, 0.3) is 0 Å². The van der Waals surface area contributed by atoms with Gasteiger partial charge in [-0.2, -0.15) is 0 Å². The fourth-order valence-corrected chi connectivity index (χ4v) is 5.36. The molecule has 1 saturated carbocycles. The van der Waals surface area contributed by atoms with Crippen molar-refractivity contribution < 1.29 is 27.0 Å². The predicted octanol–water partition coefficient (Wildman–Crippen LogP) is 8.26. The zero-order chi connectivity index (χ0) is 24.1. The molecule has 0 unspecified atom stereocenters. The van der Waals surface area contributed by atoms with Gasteiger partial charge in [-0.15, -0.1) is 0 Å². The molecular formula is C28H34F4O2. The summed E-state index contributed by atoms with van der Waals surface area (Å²) in [6, 6.07) is 7.55. The summed E-state index contributed by atoms with van der Waals surface area (Å²) in [6.07, 6.45) is 8.88. The number of hydrogen-bond donors (Lipinski definition) is 0. The highest BCUT2D eigenvalue weighted by Gasteiger charge is 2.29. The van der Waals surface area contributed by atoms with Gasteiger partial charge in [-0.1, -0.05) is 44.7 Å². The van der Waals surface area contributed by atoms with Gasteiger partial charge in [-0.3, -0.25) is 0 Å². The number of benzene rings is 2. The van der Waals surface area contributed by atoms with Gasteiger partial charge in [0.2, 0.25) is 0 Å². The first-order chi connectivity index (χ1) is 16.5. The highest BCUT2D eigenvalue weighted by molar-refractivity contribution is 5.31. The van der Waals surface area contributed by atoms with Gasteiger partial charge in [-0.05, 0) is 66.8 Å². The highest BCUT2D eigenvalue weighted by Crippen LogP contribution is 2.39. The number of alkyl halides is 1. The maximum Gasteiger partial charge on any atom is 0.184 e. The summed E-state index contributed by atoms with van der Waals surface area (Å²) in [5.41, 5.74) is 1.12. The van der Waals surface area contributed by atoms with Crippen molar-refractivity contribution in [1.29, 1.82) is 0 Å². The van der Waals surface area contributed by atoms with Crippen LogP contribution in [0.25, 0.3) is 0 Å². The molecular weight excluding hydrogens is 444 g/mol. The SMILES string of the molecule is CCCCCC1CCC(c2ccc(C3COC(c4cc(F)c(CF)c(F)c4)OC3)c(F)c2)CC1. The molecule has 0 amide bonds. The van der Waals surface area contributed by atoms with Crippen LogP contribution in [0.5, 0.6) is 0 Å². The lowest BCUT2D eigenvalue weighted by Crippen LogP contribution is -2.26. The van der Waals surface area contributed by atoms with Crippen LogP contribution in [0.2, 0.25) is 0 Å². The minimum atomic E-state index is -1.22. The minimum Gasteiger partial charge on any atom is -0.348 e. The lowest BCUT2D eigenvalue weighted by Gasteiger charge is -2.31. The van der Waals surface area contributed by atoms with Gasteiger partial charge >= 0.3 is 0 Å². The second kappa shape index (κ2) is 11.7. The molecule has 0 bridgehead atoms. The van der Waals surface area contributed by atoms with Crippen LogP contribution in [0.1, 0.15) is 98.7 Å². The largest absolute Gasteiger partial charge is 0.348 e. The summed E-state index contributed by atoms with van der Waals surface area (Å²) in [7, 11) is 0. The standard InChI is InChI=1S/C28H34F4O2/c1-2-3-4-5-18-6-8-19(9-7-18)20-10-11-23(25(30)12-20)22-16-33-28(34-17-22)21-13-26(31)24(15-29)27(32)14-21/h10-14,18-19,22,28H,2-9,15-17H2,1H3. The summed E-state index contributed by atoms with van der Waals surface area (Å²) >= 11 is 0. The molecule has 4 rings (SSSR count). The molecule has 0 N–H and O–H groups in total. The molecule has 6 heteroatoms. The number of rotatable bonds is 8. The van der Waals surface area contributed by atoms with Crippen LogP contribution in [-0.4, -0.2) is 13.2 Å². The third kappa shape index (κ3) is 5.83. The molecule has 0 atom stereocenters. The van der Waals surface area contributed by atoms with Crippen molar-refractivity contribution in [3.63, 3.8) is 0 Å². The van der Waals surface area contributed by atoms with E-state index in [1.807, 2.05) is 12.1 Å². The van der Waals surface area contributed by atoms with Crippen molar-refractivity contribution in [2.45, 2.75) is 83.1 Å². The molecule has 1 saturated heterocycles. The van der Waals surface area contributed by atoms with E-state index in [2.05, 4.69) is 6.92 Å². The molecule has 186 valence electrons. The quantitative estimate of drug-likeness (QED) is 0.281. The van der Waals surface area contributed by atoms with Crippen molar-refractivity contribution >= 4 is 0 Å². The van der Waals surface area contributed by atoms with E-state index in [9.17, 15) is 13.2 Å². The molecule has 0 spiro atoms. The van der Waals surface area contributed by atoms with Crippen molar-refractivity contribution in [2.75, 3.05) is 13.2 Å². The second-order valence-electron chi connectivity index (χ2n) is 9.79. The molecule has 1 heterocycles. The third-order valence-corrected chi connectivity index (χ3v) is 7.47. The lowest BCUT2D eigenvalue weighted by atomic mass is 9.76. The Balaban J connectivity index is 1.33. The fourth-order valence-electron chi connectivity index (χ4n) is 5.36. The Bertz CT molecular complexity index is 924. The second-order valence-corrected chi connectivity index (χ2v) is 9.79. The first kappa shape index (κ1) is 25.2. The summed E-state index contributed by atoms with van der Waals surface area (Å²) in [4.78, 5) is 0. The Morgan fingerprint density at radius 2 is 1.44 bits per heavy atom. The lowest BCUT2D eigenvalue weighted by molar-refractivity contribution is -0.192. The molecule has 34 heavy (non-hydrogen) atoms. The number of unbranched alkanes of at least 4 members (excludes halogenated alkanes) is 2. The summed E-state index contributed by atoms with van der Waals surface area (Å²) in [5.74, 6) is -1.29. The van der Waals surface area contributed by atoms with Gasteiger partial charge in [0, 0.05) is 11.5 Å². The van der Waals surface area contributed by atoms with E-state index in [-0.39, 0.29) is 30.5 Å². The van der Waals surface area contributed by atoms with Crippen molar-refractivity contribution in [3.05, 3.63) is 70.0 Å². The normalized spacial score (nSPS) is 25.4. The first-order valence-electron chi connectivity index (χ1n) is 12.6. The molecule has 0 radical (unpaired) electrons. The van der Waals surface area contributed by atoms with E-state index < -0.39 is 30.2 Å². The van der Waals surface area contributed by atoms with Crippen LogP contribution in [0, 0.1) is 23.4 Å². The molecule has 2 aliphatic rings. The van der Waals surface area contributed by atoms with Crippen LogP contribution in [0.15, 0.2) is 30.3 Å². The van der Waals surface area contributed by atoms with Crippen molar-refractivity contribution in [2.24, 2.45) is 5.92 Å². The monoisotopic (exact) mass is 478 g/mol.